The topological polar surface area (TPSA) is 84.0 Å². The van der Waals surface area contributed by atoms with Crippen LogP contribution in [-0.4, -0.2) is 21.5 Å². The number of nitrogens with zero attached hydrogens (tertiary/aromatic N) is 1. The van der Waals surface area contributed by atoms with Crippen molar-refractivity contribution in [1.82, 2.24) is 14.9 Å². The molecule has 0 aliphatic rings. The Morgan fingerprint density at radius 1 is 1.07 bits per heavy atom. The minimum Gasteiger partial charge on any atom is -0.354 e. The second kappa shape index (κ2) is 9.17. The molecule has 0 saturated carbocycles. The number of aryl methyl sites for hydroxylation is 1. The number of para-hydroxylation sites is 1. The van der Waals surface area contributed by atoms with E-state index in [0.29, 0.717) is 17.3 Å². The van der Waals surface area contributed by atoms with E-state index >= 15 is 0 Å². The van der Waals surface area contributed by atoms with Crippen molar-refractivity contribution in [3.8, 4) is 0 Å². The summed E-state index contributed by atoms with van der Waals surface area (Å²) < 4.78 is 1.16. The van der Waals surface area contributed by atoms with Gasteiger partial charge in [-0.3, -0.25) is 14.2 Å². The Bertz CT molecular complexity index is 1050. The van der Waals surface area contributed by atoms with E-state index in [9.17, 15) is 14.4 Å². The van der Waals surface area contributed by atoms with Crippen molar-refractivity contribution in [2.45, 2.75) is 45.2 Å². The van der Waals surface area contributed by atoms with Crippen LogP contribution in [0, 0.1) is 0 Å². The van der Waals surface area contributed by atoms with Crippen molar-refractivity contribution in [3.05, 3.63) is 81.0 Å². The fourth-order valence-corrected chi connectivity index (χ4v) is 3.25. The molecule has 3 aromatic rings. The molecule has 2 N–H and O–H groups in total. The molecule has 6 heteroatoms. The summed E-state index contributed by atoms with van der Waals surface area (Å²) in [6.07, 6.45) is 2.47. The SMILES string of the molecule is C[C@H](CCc1ccccc1)NC(=O)CCCn1c(=O)[nH]c2ccccc2c1=O. The Labute approximate surface area is 163 Å². The molecule has 28 heavy (non-hydrogen) atoms. The lowest BCUT2D eigenvalue weighted by Crippen LogP contribution is -2.36. The number of rotatable bonds is 8. The molecule has 146 valence electrons. The van der Waals surface area contributed by atoms with Gasteiger partial charge in [-0.05, 0) is 43.9 Å². The monoisotopic (exact) mass is 379 g/mol. The van der Waals surface area contributed by atoms with Crippen molar-refractivity contribution in [2.24, 2.45) is 0 Å². The summed E-state index contributed by atoms with van der Waals surface area (Å²) in [6.45, 7) is 2.20. The van der Waals surface area contributed by atoms with Gasteiger partial charge in [-0.25, -0.2) is 4.79 Å². The second-order valence-electron chi connectivity index (χ2n) is 7.03. The van der Waals surface area contributed by atoms with Crippen LogP contribution in [0.5, 0.6) is 0 Å². The van der Waals surface area contributed by atoms with E-state index < -0.39 is 5.69 Å². The third-order valence-corrected chi connectivity index (χ3v) is 4.79. The molecule has 0 bridgehead atoms. The van der Waals surface area contributed by atoms with Gasteiger partial charge in [-0.2, -0.15) is 0 Å². The van der Waals surface area contributed by atoms with Crippen LogP contribution in [0.2, 0.25) is 0 Å². The second-order valence-corrected chi connectivity index (χ2v) is 7.03. The molecule has 0 radical (unpaired) electrons. The van der Waals surface area contributed by atoms with Gasteiger partial charge in [-0.1, -0.05) is 42.5 Å². The number of carbonyl (C=O) groups excluding carboxylic acids is 1. The largest absolute Gasteiger partial charge is 0.354 e. The van der Waals surface area contributed by atoms with E-state index in [0.717, 1.165) is 17.4 Å². The number of nitrogens with one attached hydrogen (secondary N) is 2. The lowest BCUT2D eigenvalue weighted by molar-refractivity contribution is -0.121. The number of benzene rings is 2. The Kier molecular flexibility index (Phi) is 6.42. The highest BCUT2D eigenvalue weighted by Gasteiger charge is 2.10. The molecule has 0 unspecified atom stereocenters. The third-order valence-electron chi connectivity index (χ3n) is 4.79. The molecule has 3 rings (SSSR count). The summed E-state index contributed by atoms with van der Waals surface area (Å²) >= 11 is 0. The van der Waals surface area contributed by atoms with Crippen molar-refractivity contribution in [3.63, 3.8) is 0 Å². The first-order valence-electron chi connectivity index (χ1n) is 9.60. The van der Waals surface area contributed by atoms with Gasteiger partial charge in [0.1, 0.15) is 0 Å². The summed E-state index contributed by atoms with van der Waals surface area (Å²) in [4.78, 5) is 39.5. The van der Waals surface area contributed by atoms with Gasteiger partial charge in [0.2, 0.25) is 5.91 Å². The predicted octanol–water partition coefficient (Wildman–Crippen LogP) is 2.61. The number of fused-ring (bicyclic) bond motifs is 1. The molecule has 1 amide bonds. The smallest absolute Gasteiger partial charge is 0.328 e. The van der Waals surface area contributed by atoms with E-state index in [1.807, 2.05) is 25.1 Å². The van der Waals surface area contributed by atoms with E-state index in [2.05, 4.69) is 22.4 Å². The van der Waals surface area contributed by atoms with Crippen molar-refractivity contribution < 1.29 is 4.79 Å². The lowest BCUT2D eigenvalue weighted by atomic mass is 10.1. The number of hydrogen-bond donors (Lipinski definition) is 2. The van der Waals surface area contributed by atoms with E-state index in [1.165, 1.54) is 5.56 Å². The predicted molar refractivity (Wildman–Crippen MR) is 110 cm³/mol. The summed E-state index contributed by atoms with van der Waals surface area (Å²) in [5.74, 6) is -0.0640. The first-order valence-corrected chi connectivity index (χ1v) is 9.60. The number of amides is 1. The van der Waals surface area contributed by atoms with Crippen LogP contribution >= 0.6 is 0 Å². The standard InChI is InChI=1S/C22H25N3O3/c1-16(13-14-17-8-3-2-4-9-17)23-20(26)12-7-15-25-21(27)18-10-5-6-11-19(18)24-22(25)28/h2-6,8-11,16H,7,12-15H2,1H3,(H,23,26)(H,24,28)/t16-/m1/s1. The third kappa shape index (κ3) is 4.97. The van der Waals surface area contributed by atoms with Crippen LogP contribution in [0.1, 0.15) is 31.7 Å². The zero-order chi connectivity index (χ0) is 19.9. The molecule has 0 aliphatic carbocycles. The fourth-order valence-electron chi connectivity index (χ4n) is 3.25. The highest BCUT2D eigenvalue weighted by molar-refractivity contribution is 5.77. The van der Waals surface area contributed by atoms with Crippen LogP contribution in [0.4, 0.5) is 0 Å². The minimum absolute atomic E-state index is 0.0640. The maximum atomic E-state index is 12.5. The van der Waals surface area contributed by atoms with Gasteiger partial charge < -0.3 is 10.3 Å². The molecule has 0 saturated heterocycles. The van der Waals surface area contributed by atoms with Gasteiger partial charge in [0.25, 0.3) is 5.56 Å². The zero-order valence-electron chi connectivity index (χ0n) is 16.0. The van der Waals surface area contributed by atoms with Crippen LogP contribution in [0.15, 0.2) is 64.2 Å². The van der Waals surface area contributed by atoms with E-state index in [1.54, 1.807) is 24.3 Å². The maximum Gasteiger partial charge on any atom is 0.328 e. The molecule has 0 aliphatic heterocycles. The first-order chi connectivity index (χ1) is 13.5. The summed E-state index contributed by atoms with van der Waals surface area (Å²) in [5.41, 5.74) is 1.01. The summed E-state index contributed by atoms with van der Waals surface area (Å²) in [7, 11) is 0. The molecule has 0 fully saturated rings. The summed E-state index contributed by atoms with van der Waals surface area (Å²) in [5, 5.41) is 3.46. The molecule has 0 spiro atoms. The Balaban J connectivity index is 1.49. The van der Waals surface area contributed by atoms with Crippen LogP contribution < -0.4 is 16.6 Å². The maximum absolute atomic E-state index is 12.5. The van der Waals surface area contributed by atoms with Crippen molar-refractivity contribution >= 4 is 16.8 Å². The minimum atomic E-state index is -0.444. The van der Waals surface area contributed by atoms with Crippen molar-refractivity contribution in [1.29, 1.82) is 0 Å². The van der Waals surface area contributed by atoms with Crippen molar-refractivity contribution in [2.75, 3.05) is 0 Å². The van der Waals surface area contributed by atoms with Gasteiger partial charge >= 0.3 is 5.69 Å². The highest BCUT2D eigenvalue weighted by Crippen LogP contribution is 2.06. The normalized spacial score (nSPS) is 12.0. The number of hydrogen-bond acceptors (Lipinski definition) is 3. The van der Waals surface area contributed by atoms with Crippen LogP contribution in [0.25, 0.3) is 10.9 Å². The first kappa shape index (κ1) is 19.6. The summed E-state index contributed by atoms with van der Waals surface area (Å²) in [6, 6.07) is 17.1. The quantitative estimate of drug-likeness (QED) is 0.631. The molecule has 6 nitrogen and oxygen atoms in total. The number of H-pyrrole nitrogens is 1. The Hall–Kier alpha value is -3.15. The Morgan fingerprint density at radius 2 is 1.79 bits per heavy atom. The molecular formula is C22H25N3O3. The molecule has 1 atom stereocenters. The lowest BCUT2D eigenvalue weighted by Gasteiger charge is -2.14. The zero-order valence-corrected chi connectivity index (χ0v) is 16.0. The van der Waals surface area contributed by atoms with Gasteiger partial charge in [0.05, 0.1) is 10.9 Å². The van der Waals surface area contributed by atoms with Gasteiger partial charge in [0.15, 0.2) is 0 Å². The average Bonchev–Trinajstić information content (AvgIpc) is 2.69. The molecular weight excluding hydrogens is 354 g/mol. The van der Waals surface area contributed by atoms with Gasteiger partial charge in [-0.15, -0.1) is 0 Å². The van der Waals surface area contributed by atoms with E-state index in [-0.39, 0.29) is 30.5 Å². The molecule has 1 aromatic heterocycles. The fraction of sp³-hybridized carbons (Fsp3) is 0.318. The van der Waals surface area contributed by atoms with Crippen LogP contribution in [-0.2, 0) is 17.8 Å². The molecule has 1 heterocycles. The molecule has 2 aromatic carbocycles. The van der Waals surface area contributed by atoms with Crippen LogP contribution in [0.3, 0.4) is 0 Å². The number of aromatic amines is 1. The van der Waals surface area contributed by atoms with E-state index in [4.69, 9.17) is 0 Å². The number of carbonyl (C=O) groups is 1. The average molecular weight is 379 g/mol. The van der Waals surface area contributed by atoms with Gasteiger partial charge in [0, 0.05) is 19.0 Å². The highest BCUT2D eigenvalue weighted by atomic mass is 16.2. The number of aromatic nitrogens is 2. The Morgan fingerprint density at radius 3 is 2.57 bits per heavy atom.